The molecule has 0 radical (unpaired) electrons. The molecule has 1 aromatic carbocycles. The van der Waals surface area contributed by atoms with Crippen LogP contribution in [0.25, 0.3) is 5.69 Å². The molecule has 3 aromatic rings. The molecule has 7 heteroatoms. The molecule has 0 atom stereocenters. The summed E-state index contributed by atoms with van der Waals surface area (Å²) in [4.78, 5) is 25.4. The van der Waals surface area contributed by atoms with E-state index in [9.17, 15) is 9.59 Å². The fraction of sp³-hybridized carbons (Fsp3) is 0.118. The monoisotopic (exact) mass is 359 g/mol. The molecule has 122 valence electrons. The third-order valence-corrected chi connectivity index (χ3v) is 4.61. The van der Waals surface area contributed by atoms with Gasteiger partial charge >= 0.3 is 0 Å². The second-order valence-corrected chi connectivity index (χ2v) is 6.93. The van der Waals surface area contributed by atoms with Gasteiger partial charge in [-0.1, -0.05) is 29.8 Å². The summed E-state index contributed by atoms with van der Waals surface area (Å²) in [6.07, 6.45) is 0. The lowest BCUT2D eigenvalue weighted by Gasteiger charge is -2.11. The zero-order valence-electron chi connectivity index (χ0n) is 12.8. The van der Waals surface area contributed by atoms with Crippen LogP contribution in [-0.4, -0.2) is 15.7 Å². The maximum atomic E-state index is 12.3. The highest BCUT2D eigenvalue weighted by molar-refractivity contribution is 7.16. The second-order valence-electron chi connectivity index (χ2n) is 5.13. The van der Waals surface area contributed by atoms with Crippen LogP contribution in [-0.2, 0) is 6.54 Å². The van der Waals surface area contributed by atoms with E-state index < -0.39 is 11.3 Å². The smallest absolute Gasteiger partial charge is 0.276 e. The summed E-state index contributed by atoms with van der Waals surface area (Å²) in [7, 11) is 0. The quantitative estimate of drug-likeness (QED) is 0.778. The van der Waals surface area contributed by atoms with E-state index in [1.165, 1.54) is 17.4 Å². The Morgan fingerprint density at radius 3 is 2.67 bits per heavy atom. The molecule has 2 aromatic heterocycles. The number of hydrogen-bond acceptors (Lipinski definition) is 4. The van der Waals surface area contributed by atoms with Crippen LogP contribution in [0.1, 0.15) is 21.1 Å². The number of amides is 1. The Kier molecular flexibility index (Phi) is 4.78. The Labute approximate surface area is 147 Å². The Morgan fingerprint density at radius 2 is 2.00 bits per heavy atom. The van der Waals surface area contributed by atoms with Gasteiger partial charge in [0, 0.05) is 16.6 Å². The van der Waals surface area contributed by atoms with Crippen molar-refractivity contribution in [2.45, 2.75) is 13.5 Å². The summed E-state index contributed by atoms with van der Waals surface area (Å²) in [5.74, 6) is -0.505. The molecule has 0 aliphatic heterocycles. The van der Waals surface area contributed by atoms with Gasteiger partial charge in [-0.3, -0.25) is 9.59 Å². The van der Waals surface area contributed by atoms with Crippen LogP contribution in [0.3, 0.4) is 0 Å². The lowest BCUT2D eigenvalue weighted by molar-refractivity contribution is 0.0943. The van der Waals surface area contributed by atoms with Crippen LogP contribution in [0.5, 0.6) is 0 Å². The van der Waals surface area contributed by atoms with E-state index >= 15 is 0 Å². The number of halogens is 1. The first-order valence-electron chi connectivity index (χ1n) is 7.23. The average molecular weight is 360 g/mol. The number of carbonyl (C=O) groups is 1. The summed E-state index contributed by atoms with van der Waals surface area (Å²) >= 11 is 7.24. The summed E-state index contributed by atoms with van der Waals surface area (Å²) in [6.45, 7) is 2.08. The minimum Gasteiger partial charge on any atom is -0.346 e. The lowest BCUT2D eigenvalue weighted by atomic mass is 10.2. The average Bonchev–Trinajstić information content (AvgIpc) is 2.99. The third kappa shape index (κ3) is 3.55. The topological polar surface area (TPSA) is 64.0 Å². The van der Waals surface area contributed by atoms with Crippen molar-refractivity contribution >= 4 is 28.8 Å². The van der Waals surface area contributed by atoms with Gasteiger partial charge in [-0.2, -0.15) is 5.10 Å². The van der Waals surface area contributed by atoms with Gasteiger partial charge in [-0.25, -0.2) is 4.68 Å². The van der Waals surface area contributed by atoms with Crippen molar-refractivity contribution in [3.63, 3.8) is 0 Å². The lowest BCUT2D eigenvalue weighted by Crippen LogP contribution is -2.31. The molecule has 0 saturated carbocycles. The molecule has 5 nitrogen and oxygen atoms in total. The van der Waals surface area contributed by atoms with E-state index in [1.54, 1.807) is 17.7 Å². The number of nitrogens with zero attached hydrogens (tertiary/aromatic N) is 2. The Balaban J connectivity index is 1.87. The first-order chi connectivity index (χ1) is 11.5. The number of rotatable bonds is 4. The number of nitrogens with one attached hydrogen (secondary N) is 1. The highest BCUT2D eigenvalue weighted by atomic mass is 35.5. The van der Waals surface area contributed by atoms with Crippen molar-refractivity contribution < 1.29 is 4.79 Å². The molecular weight excluding hydrogens is 346 g/mol. The molecule has 2 heterocycles. The number of hydrogen-bond donors (Lipinski definition) is 1. The summed E-state index contributed by atoms with van der Waals surface area (Å²) < 4.78 is 2.23. The van der Waals surface area contributed by atoms with Crippen molar-refractivity contribution in [2.75, 3.05) is 0 Å². The summed E-state index contributed by atoms with van der Waals surface area (Å²) in [5, 5.41) is 6.93. The van der Waals surface area contributed by atoms with Crippen molar-refractivity contribution in [2.24, 2.45) is 0 Å². The van der Waals surface area contributed by atoms with Gasteiger partial charge in [0.05, 0.1) is 16.6 Å². The number of thiophene rings is 1. The molecule has 0 saturated heterocycles. The number of benzene rings is 1. The number of aryl methyl sites for hydroxylation is 1. The molecule has 0 aliphatic rings. The summed E-state index contributed by atoms with van der Waals surface area (Å²) in [6, 6.07) is 14.4. The minimum atomic E-state index is -0.505. The van der Waals surface area contributed by atoms with E-state index in [0.717, 1.165) is 10.6 Å². The summed E-state index contributed by atoms with van der Waals surface area (Å²) in [5.41, 5.74) is 0.912. The molecule has 24 heavy (non-hydrogen) atoms. The SMILES string of the molecule is Cc1cc(=O)c(C(=O)NCc2ccc(Cl)s2)nn1-c1ccccc1. The Morgan fingerprint density at radius 1 is 1.25 bits per heavy atom. The predicted octanol–water partition coefficient (Wildman–Crippen LogP) is 3.19. The fourth-order valence-electron chi connectivity index (χ4n) is 2.23. The fourth-order valence-corrected chi connectivity index (χ4v) is 3.26. The highest BCUT2D eigenvalue weighted by Gasteiger charge is 2.15. The number of carbonyl (C=O) groups excluding carboxylic acids is 1. The van der Waals surface area contributed by atoms with E-state index in [1.807, 2.05) is 36.4 Å². The molecule has 3 rings (SSSR count). The standard InChI is InChI=1S/C17H14ClN3O2S/c1-11-9-14(22)16(20-21(11)12-5-3-2-4-6-12)17(23)19-10-13-7-8-15(18)24-13/h2-9H,10H2,1H3,(H,19,23). The molecule has 0 spiro atoms. The number of para-hydroxylation sites is 1. The molecule has 0 fully saturated rings. The van der Waals surface area contributed by atoms with E-state index in [0.29, 0.717) is 16.6 Å². The predicted molar refractivity (Wildman–Crippen MR) is 95.1 cm³/mol. The zero-order chi connectivity index (χ0) is 17.1. The van der Waals surface area contributed by atoms with Gasteiger partial charge in [0.2, 0.25) is 5.43 Å². The van der Waals surface area contributed by atoms with Crippen LogP contribution in [0.4, 0.5) is 0 Å². The molecule has 1 N–H and O–H groups in total. The van der Waals surface area contributed by atoms with Crippen molar-refractivity contribution in [1.82, 2.24) is 15.1 Å². The molecular formula is C17H14ClN3O2S. The molecule has 1 amide bonds. The molecule has 0 unspecified atom stereocenters. The van der Waals surface area contributed by atoms with Crippen LogP contribution in [0.2, 0.25) is 4.34 Å². The van der Waals surface area contributed by atoms with Crippen LogP contribution in [0.15, 0.2) is 53.3 Å². The van der Waals surface area contributed by atoms with Crippen LogP contribution >= 0.6 is 22.9 Å². The van der Waals surface area contributed by atoms with E-state index in [-0.39, 0.29) is 5.69 Å². The van der Waals surface area contributed by atoms with Gasteiger partial charge in [-0.15, -0.1) is 11.3 Å². The van der Waals surface area contributed by atoms with Gasteiger partial charge in [0.1, 0.15) is 0 Å². The Bertz CT molecular complexity index is 935. The number of aromatic nitrogens is 2. The van der Waals surface area contributed by atoms with Gasteiger partial charge < -0.3 is 5.32 Å². The largest absolute Gasteiger partial charge is 0.346 e. The maximum absolute atomic E-state index is 12.3. The zero-order valence-corrected chi connectivity index (χ0v) is 14.4. The van der Waals surface area contributed by atoms with Crippen LogP contribution in [0, 0.1) is 6.92 Å². The van der Waals surface area contributed by atoms with E-state index in [4.69, 9.17) is 11.6 Å². The first-order valence-corrected chi connectivity index (χ1v) is 8.43. The molecule has 0 aliphatic carbocycles. The first kappa shape index (κ1) is 16.4. The minimum absolute atomic E-state index is 0.132. The molecule has 0 bridgehead atoms. The maximum Gasteiger partial charge on any atom is 0.276 e. The van der Waals surface area contributed by atoms with Gasteiger partial charge in [-0.05, 0) is 31.2 Å². The van der Waals surface area contributed by atoms with Crippen molar-refractivity contribution in [1.29, 1.82) is 0 Å². The van der Waals surface area contributed by atoms with Crippen molar-refractivity contribution in [3.8, 4) is 5.69 Å². The third-order valence-electron chi connectivity index (χ3n) is 3.38. The highest BCUT2D eigenvalue weighted by Crippen LogP contribution is 2.21. The van der Waals surface area contributed by atoms with Gasteiger partial charge in [0.15, 0.2) is 5.69 Å². The normalized spacial score (nSPS) is 10.6. The van der Waals surface area contributed by atoms with Gasteiger partial charge in [0.25, 0.3) is 5.91 Å². The Hall–Kier alpha value is -2.44. The second kappa shape index (κ2) is 6.98. The van der Waals surface area contributed by atoms with Crippen LogP contribution < -0.4 is 10.7 Å². The van der Waals surface area contributed by atoms with E-state index in [2.05, 4.69) is 10.4 Å². The van der Waals surface area contributed by atoms with Crippen molar-refractivity contribution in [3.05, 3.63) is 79.4 Å².